The second-order valence-corrected chi connectivity index (χ2v) is 5.29. The number of carbonyl (C=O) groups excluding carboxylic acids is 1. The van der Waals surface area contributed by atoms with Crippen molar-refractivity contribution in [2.24, 2.45) is 0 Å². The predicted octanol–water partition coefficient (Wildman–Crippen LogP) is 1.11. The topological polar surface area (TPSA) is 139 Å². The molecule has 1 amide bonds. The first-order valence-corrected chi connectivity index (χ1v) is 7.41. The zero-order valence-corrected chi connectivity index (χ0v) is 13.1. The minimum Gasteiger partial charge on any atom is -0.507 e. The van der Waals surface area contributed by atoms with Gasteiger partial charge in [-0.2, -0.15) is 0 Å². The fourth-order valence-corrected chi connectivity index (χ4v) is 2.06. The normalized spacial score (nSPS) is 11.6. The number of phenols is 1. The maximum absolute atomic E-state index is 12.3. The number of aliphatic hydroxyl groups excluding tert-OH is 2. The van der Waals surface area contributed by atoms with Crippen LogP contribution in [0.4, 0.5) is 11.4 Å². The van der Waals surface area contributed by atoms with E-state index in [0.29, 0.717) is 11.3 Å². The standard InChI is InChI=1S/C17H18N2O6/c20-9-13(21)8-18-11-3-1-2-10(6-11)16(23)19-12-4-5-15(22)14(7-12)17(24)25/h1-7,13,18,20-22H,8-9H2,(H,19,23)(H,24,25). The van der Waals surface area contributed by atoms with Crippen molar-refractivity contribution < 1.29 is 30.0 Å². The average molecular weight is 346 g/mol. The second kappa shape index (κ2) is 8.13. The molecule has 0 bridgehead atoms. The van der Waals surface area contributed by atoms with Gasteiger partial charge in [0.1, 0.15) is 11.3 Å². The highest BCUT2D eigenvalue weighted by Gasteiger charge is 2.13. The van der Waals surface area contributed by atoms with E-state index in [4.69, 9.17) is 10.2 Å². The molecule has 0 aliphatic rings. The Morgan fingerprint density at radius 2 is 1.84 bits per heavy atom. The number of rotatable bonds is 7. The fraction of sp³-hybridized carbons (Fsp3) is 0.176. The average Bonchev–Trinajstić information content (AvgIpc) is 2.61. The number of aromatic carboxylic acids is 1. The molecule has 0 radical (unpaired) electrons. The summed E-state index contributed by atoms with van der Waals surface area (Å²) in [6.45, 7) is -0.249. The molecule has 0 spiro atoms. The van der Waals surface area contributed by atoms with Gasteiger partial charge in [-0.1, -0.05) is 6.07 Å². The highest BCUT2D eigenvalue weighted by Crippen LogP contribution is 2.22. The smallest absolute Gasteiger partial charge is 0.339 e. The highest BCUT2D eigenvalue weighted by atomic mass is 16.4. The van der Waals surface area contributed by atoms with E-state index < -0.39 is 18.0 Å². The van der Waals surface area contributed by atoms with Crippen LogP contribution in [0, 0.1) is 0 Å². The molecule has 1 unspecified atom stereocenters. The molecule has 8 nitrogen and oxygen atoms in total. The predicted molar refractivity (Wildman–Crippen MR) is 91.0 cm³/mol. The van der Waals surface area contributed by atoms with Crippen LogP contribution in [0.1, 0.15) is 20.7 Å². The van der Waals surface area contributed by atoms with E-state index >= 15 is 0 Å². The second-order valence-electron chi connectivity index (χ2n) is 5.29. The minimum atomic E-state index is -1.30. The maximum atomic E-state index is 12.3. The minimum absolute atomic E-state index is 0.126. The van der Waals surface area contributed by atoms with E-state index in [0.717, 1.165) is 6.07 Å². The number of anilines is 2. The fourth-order valence-electron chi connectivity index (χ4n) is 2.06. The Labute approximate surface area is 143 Å². The number of amides is 1. The molecule has 0 aliphatic carbocycles. The number of hydrogen-bond acceptors (Lipinski definition) is 6. The first-order chi connectivity index (χ1) is 11.9. The van der Waals surface area contributed by atoms with Gasteiger partial charge in [0.05, 0.1) is 12.7 Å². The highest BCUT2D eigenvalue weighted by molar-refractivity contribution is 6.05. The molecule has 2 aromatic rings. The van der Waals surface area contributed by atoms with Crippen LogP contribution < -0.4 is 10.6 Å². The van der Waals surface area contributed by atoms with Crippen molar-refractivity contribution in [1.29, 1.82) is 0 Å². The number of hydrogen-bond donors (Lipinski definition) is 6. The Kier molecular flexibility index (Phi) is 5.93. The van der Waals surface area contributed by atoms with Crippen LogP contribution in [0.25, 0.3) is 0 Å². The molecule has 0 saturated heterocycles. The number of nitrogens with one attached hydrogen (secondary N) is 2. The van der Waals surface area contributed by atoms with Crippen LogP contribution in [-0.4, -0.2) is 51.6 Å². The number of aromatic hydroxyl groups is 1. The quantitative estimate of drug-likeness (QED) is 0.413. The van der Waals surface area contributed by atoms with E-state index in [1.54, 1.807) is 24.3 Å². The third kappa shape index (κ3) is 4.93. The summed E-state index contributed by atoms with van der Waals surface area (Å²) in [7, 11) is 0. The van der Waals surface area contributed by atoms with Gasteiger partial charge in [0.25, 0.3) is 5.91 Å². The Hall–Kier alpha value is -3.10. The summed E-state index contributed by atoms with van der Waals surface area (Å²) < 4.78 is 0. The van der Waals surface area contributed by atoms with E-state index in [9.17, 15) is 19.8 Å². The Morgan fingerprint density at radius 1 is 1.08 bits per heavy atom. The molecular formula is C17H18N2O6. The summed E-state index contributed by atoms with van der Waals surface area (Å²) in [5.74, 6) is -2.16. The summed E-state index contributed by atoms with van der Waals surface area (Å²) in [4.78, 5) is 23.3. The number of carbonyl (C=O) groups is 2. The first-order valence-electron chi connectivity index (χ1n) is 7.41. The van der Waals surface area contributed by atoms with Gasteiger partial charge in [0.15, 0.2) is 0 Å². The lowest BCUT2D eigenvalue weighted by atomic mass is 10.1. The molecule has 0 heterocycles. The van der Waals surface area contributed by atoms with Gasteiger partial charge in [-0.3, -0.25) is 4.79 Å². The van der Waals surface area contributed by atoms with Crippen molar-refractivity contribution in [3.05, 3.63) is 53.6 Å². The number of aliphatic hydroxyl groups is 2. The van der Waals surface area contributed by atoms with Gasteiger partial charge < -0.3 is 31.1 Å². The van der Waals surface area contributed by atoms with Crippen LogP contribution in [0.2, 0.25) is 0 Å². The van der Waals surface area contributed by atoms with Crippen molar-refractivity contribution in [3.8, 4) is 5.75 Å². The molecule has 25 heavy (non-hydrogen) atoms. The lowest BCUT2D eigenvalue weighted by Gasteiger charge is -2.12. The van der Waals surface area contributed by atoms with Crippen molar-refractivity contribution in [2.75, 3.05) is 23.8 Å². The first kappa shape index (κ1) is 18.2. The van der Waals surface area contributed by atoms with Crippen LogP contribution in [-0.2, 0) is 0 Å². The molecule has 2 rings (SSSR count). The summed E-state index contributed by atoms with van der Waals surface area (Å²) in [5, 5.41) is 42.0. The van der Waals surface area contributed by atoms with E-state index in [1.807, 2.05) is 0 Å². The summed E-state index contributed by atoms with van der Waals surface area (Å²) in [6.07, 6.45) is -0.913. The van der Waals surface area contributed by atoms with Gasteiger partial charge in [-0.05, 0) is 36.4 Å². The lowest BCUT2D eigenvalue weighted by molar-refractivity contribution is 0.0693. The van der Waals surface area contributed by atoms with Gasteiger partial charge in [0, 0.05) is 23.5 Å². The van der Waals surface area contributed by atoms with Crippen LogP contribution in [0.5, 0.6) is 5.75 Å². The maximum Gasteiger partial charge on any atom is 0.339 e. The zero-order chi connectivity index (χ0) is 18.4. The van der Waals surface area contributed by atoms with E-state index in [2.05, 4.69) is 10.6 Å². The number of carboxylic acids is 1. The van der Waals surface area contributed by atoms with Gasteiger partial charge in [-0.15, -0.1) is 0 Å². The van der Waals surface area contributed by atoms with Gasteiger partial charge >= 0.3 is 5.97 Å². The third-order valence-electron chi connectivity index (χ3n) is 3.36. The molecule has 0 saturated carbocycles. The van der Waals surface area contributed by atoms with Crippen molar-refractivity contribution in [1.82, 2.24) is 0 Å². The number of benzene rings is 2. The van der Waals surface area contributed by atoms with Crippen LogP contribution in [0.3, 0.4) is 0 Å². The van der Waals surface area contributed by atoms with Gasteiger partial charge in [-0.25, -0.2) is 4.79 Å². The molecule has 0 aromatic heterocycles. The van der Waals surface area contributed by atoms with Crippen molar-refractivity contribution in [3.63, 3.8) is 0 Å². The van der Waals surface area contributed by atoms with Crippen LogP contribution in [0.15, 0.2) is 42.5 Å². The summed E-state index contributed by atoms with van der Waals surface area (Å²) >= 11 is 0. The molecule has 0 aliphatic heterocycles. The van der Waals surface area contributed by atoms with E-state index in [1.165, 1.54) is 12.1 Å². The molecule has 2 aromatic carbocycles. The van der Waals surface area contributed by atoms with Crippen LogP contribution >= 0.6 is 0 Å². The zero-order valence-electron chi connectivity index (χ0n) is 13.1. The monoisotopic (exact) mass is 346 g/mol. The molecule has 8 heteroatoms. The Bertz CT molecular complexity index is 777. The number of carboxylic acid groups (broad SMARTS) is 1. The molecular weight excluding hydrogens is 328 g/mol. The Balaban J connectivity index is 2.11. The van der Waals surface area contributed by atoms with Crippen molar-refractivity contribution >= 4 is 23.3 Å². The summed E-state index contributed by atoms with van der Waals surface area (Å²) in [5.41, 5.74) is 0.811. The van der Waals surface area contributed by atoms with Gasteiger partial charge in [0.2, 0.25) is 0 Å². The van der Waals surface area contributed by atoms with E-state index in [-0.39, 0.29) is 30.2 Å². The third-order valence-corrected chi connectivity index (χ3v) is 3.36. The molecule has 0 fully saturated rings. The SMILES string of the molecule is O=C(Nc1ccc(O)c(C(=O)O)c1)c1cccc(NCC(O)CO)c1. The molecule has 132 valence electrons. The summed E-state index contributed by atoms with van der Waals surface area (Å²) in [6, 6.07) is 10.2. The largest absolute Gasteiger partial charge is 0.507 e. The van der Waals surface area contributed by atoms with Crippen molar-refractivity contribution in [2.45, 2.75) is 6.10 Å². The Morgan fingerprint density at radius 3 is 2.52 bits per heavy atom. The molecule has 1 atom stereocenters. The lowest BCUT2D eigenvalue weighted by Crippen LogP contribution is -2.23. The molecule has 6 N–H and O–H groups in total.